The third kappa shape index (κ3) is 2.27. The van der Waals surface area contributed by atoms with Crippen LogP contribution in [0.1, 0.15) is 42.1 Å². The van der Waals surface area contributed by atoms with Crippen molar-refractivity contribution in [2.24, 2.45) is 10.8 Å². The highest BCUT2D eigenvalue weighted by atomic mass is 16.5. The third-order valence-electron chi connectivity index (χ3n) is 4.87. The zero-order chi connectivity index (χ0) is 17.0. The normalized spacial score (nSPS) is 21.6. The molecule has 2 heterocycles. The molecule has 1 fully saturated rings. The van der Waals surface area contributed by atoms with Gasteiger partial charge in [-0.1, -0.05) is 25.1 Å². The molecule has 0 saturated carbocycles. The maximum absolute atomic E-state index is 12.5. The van der Waals surface area contributed by atoms with Crippen LogP contribution in [0.3, 0.4) is 0 Å². The summed E-state index contributed by atoms with van der Waals surface area (Å²) in [6.07, 6.45) is 2.39. The van der Waals surface area contributed by atoms with Crippen molar-refractivity contribution in [2.75, 3.05) is 13.1 Å². The Balaban J connectivity index is 1.82. The molecule has 0 bridgehead atoms. The molecule has 1 spiro atoms. The summed E-state index contributed by atoms with van der Waals surface area (Å²) in [6, 6.07) is 2.00. The molecule has 0 radical (unpaired) electrons. The summed E-state index contributed by atoms with van der Waals surface area (Å²) in [7, 11) is 0. The number of likely N-dealkylation sites (tertiary alicyclic amines) is 1. The molecule has 0 atom stereocenters. The largest absolute Gasteiger partial charge is 0.350 e. The van der Waals surface area contributed by atoms with E-state index in [4.69, 9.17) is 4.52 Å². The second-order valence-corrected chi connectivity index (χ2v) is 7.31. The van der Waals surface area contributed by atoms with Gasteiger partial charge in [0.05, 0.1) is 11.3 Å². The van der Waals surface area contributed by atoms with Gasteiger partial charge < -0.3 is 9.42 Å². The summed E-state index contributed by atoms with van der Waals surface area (Å²) in [5.74, 6) is -0.0274. The highest BCUT2D eigenvalue weighted by Crippen LogP contribution is 2.48. The summed E-state index contributed by atoms with van der Waals surface area (Å²) in [4.78, 5) is 26.4. The van der Waals surface area contributed by atoms with E-state index in [1.165, 1.54) is 0 Å². The second kappa shape index (κ2) is 4.79. The lowest BCUT2D eigenvalue weighted by atomic mass is 9.61. The van der Waals surface area contributed by atoms with Gasteiger partial charge in [0.25, 0.3) is 5.91 Å². The lowest BCUT2D eigenvalue weighted by Gasteiger charge is -2.52. The monoisotopic (exact) mass is 313 g/mol. The Bertz CT molecular complexity index is 773. The summed E-state index contributed by atoms with van der Waals surface area (Å²) < 4.78 is 5.13. The van der Waals surface area contributed by atoms with Gasteiger partial charge in [-0.15, -0.1) is 0 Å². The minimum absolute atomic E-state index is 0.114. The van der Waals surface area contributed by atoms with Crippen molar-refractivity contribution in [3.8, 4) is 6.07 Å². The van der Waals surface area contributed by atoms with Crippen LogP contribution in [0.25, 0.3) is 0 Å². The van der Waals surface area contributed by atoms with Crippen molar-refractivity contribution in [3.63, 3.8) is 0 Å². The van der Waals surface area contributed by atoms with Gasteiger partial charge in [0.2, 0.25) is 5.76 Å². The second-order valence-electron chi connectivity index (χ2n) is 7.31. The number of Topliss-reactive ketones (excluding diaryl/α,β-unsaturated/α-hetero) is 1. The van der Waals surface area contributed by atoms with E-state index >= 15 is 0 Å². The van der Waals surface area contributed by atoms with Crippen molar-refractivity contribution in [1.82, 2.24) is 10.1 Å². The van der Waals surface area contributed by atoms with Crippen LogP contribution in [0.2, 0.25) is 0 Å². The van der Waals surface area contributed by atoms with Crippen LogP contribution in [0, 0.1) is 36.0 Å². The lowest BCUT2D eigenvalue weighted by Crippen LogP contribution is -2.60. The smallest absolute Gasteiger partial charge is 0.292 e. The molecule has 6 heteroatoms. The number of aryl methyl sites for hydroxylation is 1. The molecule has 23 heavy (non-hydrogen) atoms. The maximum atomic E-state index is 12.5. The summed E-state index contributed by atoms with van der Waals surface area (Å²) in [6.45, 7) is 8.31. The molecule has 0 N–H and O–H groups in total. The Morgan fingerprint density at radius 2 is 2.04 bits per heavy atom. The topological polar surface area (TPSA) is 87.2 Å². The first-order valence-electron chi connectivity index (χ1n) is 7.59. The highest BCUT2D eigenvalue weighted by molar-refractivity contribution is 6.04. The number of aromatic nitrogens is 1. The Labute approximate surface area is 134 Å². The fourth-order valence-electron chi connectivity index (χ4n) is 3.65. The molecule has 1 amide bonds. The third-order valence-corrected chi connectivity index (χ3v) is 4.87. The first kappa shape index (κ1) is 15.5. The number of hydrogen-bond acceptors (Lipinski definition) is 5. The summed E-state index contributed by atoms with van der Waals surface area (Å²) >= 11 is 0. The van der Waals surface area contributed by atoms with Gasteiger partial charge in [0.15, 0.2) is 5.78 Å². The average Bonchev–Trinajstić information content (AvgIpc) is 2.78. The quantitative estimate of drug-likeness (QED) is 0.793. The molecule has 2 aliphatic rings. The molecule has 1 aromatic heterocycles. The number of nitrogens with zero attached hydrogens (tertiary/aromatic N) is 3. The zero-order valence-electron chi connectivity index (χ0n) is 13.8. The first-order chi connectivity index (χ1) is 10.7. The van der Waals surface area contributed by atoms with Gasteiger partial charge in [0, 0.05) is 29.5 Å². The Hall–Kier alpha value is -2.42. The van der Waals surface area contributed by atoms with E-state index in [0.29, 0.717) is 25.2 Å². The zero-order valence-corrected chi connectivity index (χ0v) is 13.8. The molecule has 3 rings (SSSR count). The number of amides is 1. The fourth-order valence-corrected chi connectivity index (χ4v) is 3.65. The van der Waals surface area contributed by atoms with Gasteiger partial charge in [-0.05, 0) is 20.3 Å². The van der Waals surface area contributed by atoms with Crippen LogP contribution in [0.5, 0.6) is 0 Å². The van der Waals surface area contributed by atoms with E-state index in [1.54, 1.807) is 17.9 Å². The molecule has 1 aromatic rings. The van der Waals surface area contributed by atoms with E-state index in [1.807, 2.05) is 26.8 Å². The fraction of sp³-hybridized carbons (Fsp3) is 0.529. The Kier molecular flexibility index (Phi) is 3.22. The van der Waals surface area contributed by atoms with Crippen molar-refractivity contribution >= 4 is 11.7 Å². The van der Waals surface area contributed by atoms with Crippen LogP contribution in [-0.4, -0.2) is 34.8 Å². The minimum Gasteiger partial charge on any atom is -0.350 e. The molecule has 120 valence electrons. The Morgan fingerprint density at radius 1 is 1.39 bits per heavy atom. The van der Waals surface area contributed by atoms with Crippen LogP contribution >= 0.6 is 0 Å². The van der Waals surface area contributed by atoms with E-state index in [0.717, 1.165) is 5.56 Å². The van der Waals surface area contributed by atoms with Crippen LogP contribution in [0.15, 0.2) is 16.2 Å². The number of carbonyl (C=O) groups is 2. The summed E-state index contributed by atoms with van der Waals surface area (Å²) in [5.41, 5.74) is 0.803. The predicted octanol–water partition coefficient (Wildman–Crippen LogP) is 2.18. The number of carbonyl (C=O) groups excluding carboxylic acids is 2. The molecule has 0 aromatic carbocycles. The average molecular weight is 313 g/mol. The standard InChI is InChI=1S/C17H19N3O3/c1-10-11(2)19-23-13(10)15(22)20-8-17(9-20)5-12(6-18)14(21)16(3,4)7-17/h5H,7-9H2,1-4H3. The number of allylic oxidation sites excluding steroid dienone is 1. The van der Waals surface area contributed by atoms with Crippen molar-refractivity contribution in [2.45, 2.75) is 34.1 Å². The van der Waals surface area contributed by atoms with Crippen molar-refractivity contribution in [3.05, 3.63) is 28.7 Å². The highest BCUT2D eigenvalue weighted by Gasteiger charge is 2.52. The summed E-state index contributed by atoms with van der Waals surface area (Å²) in [5, 5.41) is 13.0. The first-order valence-corrected chi connectivity index (χ1v) is 7.59. The van der Waals surface area contributed by atoms with Gasteiger partial charge >= 0.3 is 0 Å². The number of hydrogen-bond donors (Lipinski definition) is 0. The van der Waals surface area contributed by atoms with Gasteiger partial charge in [-0.3, -0.25) is 9.59 Å². The van der Waals surface area contributed by atoms with E-state index < -0.39 is 5.41 Å². The van der Waals surface area contributed by atoms with Crippen LogP contribution in [0.4, 0.5) is 0 Å². The Morgan fingerprint density at radius 3 is 2.57 bits per heavy atom. The van der Waals surface area contributed by atoms with Crippen LogP contribution < -0.4 is 0 Å². The van der Waals surface area contributed by atoms with Gasteiger partial charge in [-0.2, -0.15) is 5.26 Å². The molecule has 0 unspecified atom stereocenters. The van der Waals surface area contributed by atoms with Crippen molar-refractivity contribution in [1.29, 1.82) is 5.26 Å². The van der Waals surface area contributed by atoms with Crippen LogP contribution in [-0.2, 0) is 4.79 Å². The molecule has 1 aliphatic heterocycles. The molecule has 1 aliphatic carbocycles. The number of rotatable bonds is 1. The minimum atomic E-state index is -0.576. The molecule has 1 saturated heterocycles. The van der Waals surface area contributed by atoms with E-state index in [2.05, 4.69) is 5.16 Å². The predicted molar refractivity (Wildman–Crippen MR) is 81.4 cm³/mol. The lowest BCUT2D eigenvalue weighted by molar-refractivity contribution is -0.127. The van der Waals surface area contributed by atoms with Gasteiger partial charge in [0.1, 0.15) is 6.07 Å². The maximum Gasteiger partial charge on any atom is 0.292 e. The van der Waals surface area contributed by atoms with Gasteiger partial charge in [-0.25, -0.2) is 0 Å². The number of nitriles is 1. The van der Waals surface area contributed by atoms with E-state index in [9.17, 15) is 14.9 Å². The molecular weight excluding hydrogens is 294 g/mol. The molecular formula is C17H19N3O3. The van der Waals surface area contributed by atoms with Crippen molar-refractivity contribution < 1.29 is 14.1 Å². The van der Waals surface area contributed by atoms with E-state index in [-0.39, 0.29) is 28.4 Å². The SMILES string of the molecule is Cc1noc(C(=O)N2CC3(C=C(C#N)C(=O)C(C)(C)C3)C2)c1C. The molecule has 6 nitrogen and oxygen atoms in total. The number of ketones is 1.